The molecule has 0 aliphatic carbocycles. The van der Waals surface area contributed by atoms with Gasteiger partial charge in [0.2, 0.25) is 10.0 Å². The molecule has 1 N–H and O–H groups in total. The number of non-ortho nitro benzene ring substituents is 1. The summed E-state index contributed by atoms with van der Waals surface area (Å²) in [5.74, 6) is -1.33. The van der Waals surface area contributed by atoms with Gasteiger partial charge in [0.25, 0.3) is 11.6 Å². The molecule has 0 bridgehead atoms. The minimum absolute atomic E-state index is 0.155. The highest BCUT2D eigenvalue weighted by Crippen LogP contribution is 2.13. The first-order chi connectivity index (χ1) is 12.3. The number of carbonyl (C=O) groups is 1. The van der Waals surface area contributed by atoms with Gasteiger partial charge in [-0.25, -0.2) is 13.1 Å². The van der Waals surface area contributed by atoms with Crippen molar-refractivity contribution in [3.05, 3.63) is 81.4 Å². The van der Waals surface area contributed by atoms with E-state index in [4.69, 9.17) is 5.26 Å². The van der Waals surface area contributed by atoms with Crippen molar-refractivity contribution in [3.63, 3.8) is 0 Å². The number of carbonyl (C=O) groups excluding carboxylic acids is 1. The van der Waals surface area contributed by atoms with Gasteiger partial charge in [-0.15, -0.1) is 0 Å². The number of hydrogen-bond acceptors (Lipinski definition) is 6. The Balaban J connectivity index is 2.01. The highest BCUT2D eigenvalue weighted by atomic mass is 32.2. The van der Waals surface area contributed by atoms with E-state index >= 15 is 0 Å². The Kier molecular flexibility index (Phi) is 5.82. The minimum atomic E-state index is -3.96. The van der Waals surface area contributed by atoms with Crippen LogP contribution >= 0.6 is 0 Å². The lowest BCUT2D eigenvalue weighted by atomic mass is 10.1. The average molecular weight is 371 g/mol. The fraction of sp³-hybridized carbons (Fsp3) is 0.0588. The van der Waals surface area contributed by atoms with Gasteiger partial charge in [0.15, 0.2) is 0 Å². The SMILES string of the molecule is N#Cc1cccc(/C=C/C(=O)NS(=O)(=O)Cc2ccc([N+](=O)[O-])cc2)c1. The molecule has 0 radical (unpaired) electrons. The monoisotopic (exact) mass is 371 g/mol. The molecule has 0 saturated heterocycles. The van der Waals surface area contributed by atoms with E-state index in [1.165, 1.54) is 30.3 Å². The van der Waals surface area contributed by atoms with Crippen LogP contribution in [0.3, 0.4) is 0 Å². The Bertz CT molecular complexity index is 1010. The Morgan fingerprint density at radius 2 is 1.92 bits per heavy atom. The van der Waals surface area contributed by atoms with Crippen molar-refractivity contribution >= 4 is 27.7 Å². The molecule has 2 rings (SSSR count). The topological polar surface area (TPSA) is 130 Å². The normalized spacial score (nSPS) is 11.0. The van der Waals surface area contributed by atoms with Gasteiger partial charge < -0.3 is 0 Å². The zero-order valence-electron chi connectivity index (χ0n) is 13.3. The van der Waals surface area contributed by atoms with Crippen LogP contribution in [0.5, 0.6) is 0 Å². The van der Waals surface area contributed by atoms with E-state index in [1.54, 1.807) is 24.3 Å². The summed E-state index contributed by atoms with van der Waals surface area (Å²) < 4.78 is 25.9. The summed E-state index contributed by atoms with van der Waals surface area (Å²) in [7, 11) is -3.96. The predicted octanol–water partition coefficient (Wildman–Crippen LogP) is 2.13. The summed E-state index contributed by atoms with van der Waals surface area (Å²) in [5.41, 5.74) is 1.14. The predicted molar refractivity (Wildman–Crippen MR) is 94.1 cm³/mol. The summed E-state index contributed by atoms with van der Waals surface area (Å²) >= 11 is 0. The summed E-state index contributed by atoms with van der Waals surface area (Å²) in [6.07, 6.45) is 2.43. The first-order valence-electron chi connectivity index (χ1n) is 7.25. The summed E-state index contributed by atoms with van der Waals surface area (Å²) in [6, 6.07) is 13.4. The van der Waals surface area contributed by atoms with Crippen LogP contribution in [0.15, 0.2) is 54.6 Å². The summed E-state index contributed by atoms with van der Waals surface area (Å²) in [4.78, 5) is 21.8. The molecule has 0 atom stereocenters. The molecule has 0 unspecified atom stereocenters. The van der Waals surface area contributed by atoms with Crippen molar-refractivity contribution < 1.29 is 18.1 Å². The van der Waals surface area contributed by atoms with Gasteiger partial charge in [0.1, 0.15) is 0 Å². The molecule has 132 valence electrons. The van der Waals surface area contributed by atoms with Crippen molar-refractivity contribution in [2.75, 3.05) is 0 Å². The Morgan fingerprint density at radius 3 is 2.54 bits per heavy atom. The van der Waals surface area contributed by atoms with Crippen LogP contribution in [0.25, 0.3) is 6.08 Å². The molecule has 2 aromatic carbocycles. The summed E-state index contributed by atoms with van der Waals surface area (Å²) in [6.45, 7) is 0. The quantitative estimate of drug-likeness (QED) is 0.470. The molecule has 0 spiro atoms. The molecule has 8 nitrogen and oxygen atoms in total. The molecule has 26 heavy (non-hydrogen) atoms. The number of benzene rings is 2. The van der Waals surface area contributed by atoms with Crippen LogP contribution in [0.4, 0.5) is 5.69 Å². The second-order valence-electron chi connectivity index (χ2n) is 5.22. The van der Waals surface area contributed by atoms with Gasteiger partial charge in [0, 0.05) is 18.2 Å². The number of nitro benzene ring substituents is 1. The van der Waals surface area contributed by atoms with Crippen molar-refractivity contribution in [1.29, 1.82) is 5.26 Å². The maximum absolute atomic E-state index is 12.0. The Morgan fingerprint density at radius 1 is 1.23 bits per heavy atom. The van der Waals surface area contributed by atoms with E-state index < -0.39 is 26.6 Å². The van der Waals surface area contributed by atoms with E-state index in [9.17, 15) is 23.3 Å². The third-order valence-electron chi connectivity index (χ3n) is 3.20. The molecular weight excluding hydrogens is 358 g/mol. The zero-order valence-corrected chi connectivity index (χ0v) is 14.1. The first-order valence-corrected chi connectivity index (χ1v) is 8.90. The number of rotatable bonds is 6. The van der Waals surface area contributed by atoms with E-state index in [2.05, 4.69) is 0 Å². The highest BCUT2D eigenvalue weighted by Gasteiger charge is 2.15. The number of nitrogens with zero attached hydrogens (tertiary/aromatic N) is 2. The molecule has 9 heteroatoms. The van der Waals surface area contributed by atoms with Crippen molar-refractivity contribution in [2.45, 2.75) is 5.75 Å². The van der Waals surface area contributed by atoms with Crippen molar-refractivity contribution in [2.24, 2.45) is 0 Å². The molecule has 0 fully saturated rings. The van der Waals surface area contributed by atoms with E-state index in [-0.39, 0.29) is 5.69 Å². The number of nitro groups is 1. The minimum Gasteiger partial charge on any atom is -0.269 e. The van der Waals surface area contributed by atoms with Gasteiger partial charge in [-0.2, -0.15) is 5.26 Å². The first kappa shape index (κ1) is 18.8. The Labute approximate surface area is 149 Å². The molecular formula is C17H13N3O5S. The van der Waals surface area contributed by atoms with Crippen LogP contribution < -0.4 is 4.72 Å². The second kappa shape index (κ2) is 8.04. The van der Waals surface area contributed by atoms with E-state index in [1.807, 2.05) is 10.8 Å². The molecule has 1 amide bonds. The largest absolute Gasteiger partial charge is 0.269 e. The highest BCUT2D eigenvalue weighted by molar-refractivity contribution is 7.89. The Hall–Kier alpha value is -3.51. The second-order valence-corrected chi connectivity index (χ2v) is 6.94. The van der Waals surface area contributed by atoms with Crippen LogP contribution in [-0.4, -0.2) is 19.2 Å². The molecule has 0 aromatic heterocycles. The third-order valence-corrected chi connectivity index (χ3v) is 4.43. The van der Waals surface area contributed by atoms with Crippen molar-refractivity contribution in [1.82, 2.24) is 4.72 Å². The third kappa shape index (κ3) is 5.54. The number of nitriles is 1. The van der Waals surface area contributed by atoms with Crippen LogP contribution in [0.1, 0.15) is 16.7 Å². The summed E-state index contributed by atoms with van der Waals surface area (Å²) in [5, 5.41) is 19.4. The lowest BCUT2D eigenvalue weighted by Gasteiger charge is -2.05. The van der Waals surface area contributed by atoms with Crippen LogP contribution in [-0.2, 0) is 20.6 Å². The number of hydrogen-bond donors (Lipinski definition) is 1. The van der Waals surface area contributed by atoms with Crippen LogP contribution in [0, 0.1) is 21.4 Å². The van der Waals surface area contributed by atoms with E-state index in [0.29, 0.717) is 16.7 Å². The van der Waals surface area contributed by atoms with Gasteiger partial charge in [0.05, 0.1) is 22.3 Å². The zero-order chi connectivity index (χ0) is 19.2. The molecule has 0 saturated carbocycles. The maximum atomic E-state index is 12.0. The van der Waals surface area contributed by atoms with Gasteiger partial charge in [-0.05, 0) is 29.3 Å². The molecule has 0 aliphatic rings. The fourth-order valence-corrected chi connectivity index (χ4v) is 3.12. The fourth-order valence-electron chi connectivity index (χ4n) is 2.04. The molecule has 0 heterocycles. The van der Waals surface area contributed by atoms with E-state index in [0.717, 1.165) is 6.08 Å². The lowest BCUT2D eigenvalue weighted by molar-refractivity contribution is -0.384. The number of nitrogens with one attached hydrogen (secondary N) is 1. The number of sulfonamides is 1. The lowest BCUT2D eigenvalue weighted by Crippen LogP contribution is -2.30. The molecule has 2 aromatic rings. The maximum Gasteiger partial charge on any atom is 0.269 e. The van der Waals surface area contributed by atoms with Gasteiger partial charge >= 0.3 is 0 Å². The standard InChI is InChI=1S/C17H13N3O5S/c18-11-15-3-1-2-13(10-15)6-9-17(21)19-26(24,25)12-14-4-7-16(8-5-14)20(22)23/h1-10H,12H2,(H,19,21)/b9-6+. The van der Waals surface area contributed by atoms with Crippen LogP contribution in [0.2, 0.25) is 0 Å². The van der Waals surface area contributed by atoms with Gasteiger partial charge in [-0.1, -0.05) is 24.3 Å². The van der Waals surface area contributed by atoms with Crippen molar-refractivity contribution in [3.8, 4) is 6.07 Å². The molecule has 0 aliphatic heterocycles. The number of amides is 1. The smallest absolute Gasteiger partial charge is 0.269 e. The average Bonchev–Trinajstić information content (AvgIpc) is 2.60. The van der Waals surface area contributed by atoms with Gasteiger partial charge in [-0.3, -0.25) is 14.9 Å².